The third-order valence-electron chi connectivity index (χ3n) is 8.39. The Morgan fingerprint density at radius 3 is 2.06 bits per heavy atom. The molecule has 0 heterocycles. The molecule has 274 valence electrons. The maximum atomic E-state index is 12.7. The summed E-state index contributed by atoms with van der Waals surface area (Å²) in [6.07, 6.45) is -2.75. The van der Waals surface area contributed by atoms with E-state index in [9.17, 15) is 22.8 Å². The van der Waals surface area contributed by atoms with Crippen LogP contribution in [0.5, 0.6) is 0 Å². The Balaban J connectivity index is 0.000000233. The van der Waals surface area contributed by atoms with E-state index in [0.29, 0.717) is 19.6 Å². The van der Waals surface area contributed by atoms with E-state index in [0.717, 1.165) is 35.6 Å². The van der Waals surface area contributed by atoms with E-state index in [1.807, 2.05) is 43.3 Å². The van der Waals surface area contributed by atoms with E-state index in [4.69, 9.17) is 9.84 Å². The predicted molar refractivity (Wildman–Crippen MR) is 203 cm³/mol. The summed E-state index contributed by atoms with van der Waals surface area (Å²) in [5.41, 5.74) is 3.01. The number of hydrogen-bond acceptors (Lipinski definition) is 6. The molecule has 6 nitrogen and oxygen atoms in total. The number of alkyl halides is 3. The molecule has 2 unspecified atom stereocenters. The zero-order valence-electron chi connectivity index (χ0n) is 29.4. The van der Waals surface area contributed by atoms with Crippen LogP contribution in [0, 0.1) is 0 Å². The van der Waals surface area contributed by atoms with E-state index in [-0.39, 0.29) is 30.2 Å². The average Bonchev–Trinajstić information content (AvgIpc) is 3.14. The lowest BCUT2D eigenvalue weighted by atomic mass is 9.85. The fraction of sp³-hybridized carbons (Fsp3) is 0.286. The van der Waals surface area contributed by atoms with Gasteiger partial charge >= 0.3 is 18.1 Å². The van der Waals surface area contributed by atoms with Gasteiger partial charge in [0, 0.05) is 16.1 Å². The van der Waals surface area contributed by atoms with Crippen molar-refractivity contribution in [3.8, 4) is 0 Å². The molecular formula is C42H45F3N2O4S. The normalized spacial score (nSPS) is 12.5. The molecule has 0 aliphatic heterocycles. The zero-order valence-corrected chi connectivity index (χ0v) is 30.2. The summed E-state index contributed by atoms with van der Waals surface area (Å²) in [6.45, 7) is 3.77. The summed E-state index contributed by atoms with van der Waals surface area (Å²) in [5.74, 6) is -0.815. The quantitative estimate of drug-likeness (QED) is 0.0595. The summed E-state index contributed by atoms with van der Waals surface area (Å²) in [5, 5.41) is 14.6. The minimum absolute atomic E-state index is 0.0178. The number of nitrogens with one attached hydrogen (secondary N) is 1. The van der Waals surface area contributed by atoms with Crippen LogP contribution in [0.25, 0.3) is 10.8 Å². The highest BCUT2D eigenvalue weighted by molar-refractivity contribution is 7.99. The first-order valence-electron chi connectivity index (χ1n) is 17.2. The first kappa shape index (κ1) is 40.1. The number of carboxylic acids is 1. The highest BCUT2D eigenvalue weighted by Crippen LogP contribution is 2.39. The maximum absolute atomic E-state index is 12.7. The number of likely N-dealkylation sites (N-methyl/N-ethyl adjacent to an activating group) is 1. The first-order chi connectivity index (χ1) is 25.0. The fourth-order valence-electron chi connectivity index (χ4n) is 5.89. The average molecular weight is 731 g/mol. The summed E-state index contributed by atoms with van der Waals surface area (Å²) in [6, 6.07) is 40.4. The molecule has 5 aromatic rings. The van der Waals surface area contributed by atoms with Crippen LogP contribution < -0.4 is 5.32 Å². The lowest BCUT2D eigenvalue weighted by molar-refractivity contribution is -0.142. The Morgan fingerprint density at radius 2 is 1.42 bits per heavy atom. The molecule has 0 saturated heterocycles. The lowest BCUT2D eigenvalue weighted by Crippen LogP contribution is -2.27. The second kappa shape index (κ2) is 20.4. The van der Waals surface area contributed by atoms with Crippen LogP contribution in [-0.4, -0.2) is 61.8 Å². The second-order valence-electron chi connectivity index (χ2n) is 12.3. The molecule has 0 fully saturated rings. The van der Waals surface area contributed by atoms with Gasteiger partial charge in [-0.2, -0.15) is 13.2 Å². The van der Waals surface area contributed by atoms with E-state index in [2.05, 4.69) is 72.0 Å². The molecule has 0 bridgehead atoms. The largest absolute Gasteiger partial charge is 0.480 e. The van der Waals surface area contributed by atoms with Crippen LogP contribution in [0.15, 0.2) is 132 Å². The van der Waals surface area contributed by atoms with Crippen LogP contribution in [0.2, 0.25) is 0 Å². The number of esters is 1. The Labute approximate surface area is 308 Å². The maximum Gasteiger partial charge on any atom is 0.416 e. The Morgan fingerprint density at radius 1 is 0.808 bits per heavy atom. The van der Waals surface area contributed by atoms with Crippen molar-refractivity contribution < 1.29 is 32.6 Å². The second-order valence-corrected chi connectivity index (χ2v) is 13.5. The molecule has 52 heavy (non-hydrogen) atoms. The highest BCUT2D eigenvalue weighted by atomic mass is 32.2. The molecule has 0 saturated carbocycles. The minimum Gasteiger partial charge on any atom is -0.480 e. The van der Waals surface area contributed by atoms with Crippen molar-refractivity contribution in [2.75, 3.05) is 39.8 Å². The molecule has 5 aromatic carbocycles. The number of hydrogen-bond donors (Lipinski definition) is 2. The van der Waals surface area contributed by atoms with Gasteiger partial charge in [0.1, 0.15) is 0 Å². The van der Waals surface area contributed by atoms with Crippen molar-refractivity contribution in [1.29, 1.82) is 0 Å². The summed E-state index contributed by atoms with van der Waals surface area (Å²) in [7, 11) is 1.74. The highest BCUT2D eigenvalue weighted by Gasteiger charge is 2.30. The third kappa shape index (κ3) is 12.8. The standard InChI is InChI=1S/C23H25NO2.C19H20F3NO2S/c1-2-26-23(25)17-24-16-15-21(18-9-4-3-5-10-18)22-14-8-12-19-11-6-7-13-20(19)22;1-23(13-18(24)25)12-11-17(14-5-3-2-4-6-14)26-16-9-7-15(8-10-16)19(20,21)22/h3-14,21,24H,2,15-17H2,1H3;2-10,17H,11-13H2,1H3,(H,24,25). The SMILES string of the molecule is CCOC(=O)CNCCC(c1ccccc1)c1cccc2ccccc12.CN(CCC(Sc1ccc(C(F)(F)F)cc1)c1ccccc1)CC(=O)O. The van der Waals surface area contributed by atoms with Gasteiger partial charge in [-0.1, -0.05) is 103 Å². The van der Waals surface area contributed by atoms with E-state index in [1.165, 1.54) is 45.8 Å². The van der Waals surface area contributed by atoms with Gasteiger partial charge < -0.3 is 15.2 Å². The van der Waals surface area contributed by atoms with Crippen LogP contribution in [-0.2, 0) is 20.5 Å². The van der Waals surface area contributed by atoms with Gasteiger partial charge in [0.25, 0.3) is 0 Å². The molecule has 0 spiro atoms. The molecular weight excluding hydrogens is 686 g/mol. The molecule has 5 rings (SSSR count). The number of fused-ring (bicyclic) bond motifs is 1. The number of rotatable bonds is 16. The number of carbonyl (C=O) groups is 2. The Bertz CT molecular complexity index is 1820. The minimum atomic E-state index is -4.35. The fourth-order valence-corrected chi connectivity index (χ4v) is 7.02. The van der Waals surface area contributed by atoms with Crippen molar-refractivity contribution >= 4 is 34.5 Å². The van der Waals surface area contributed by atoms with Gasteiger partial charge in [0.05, 0.1) is 25.3 Å². The van der Waals surface area contributed by atoms with Gasteiger partial charge in [0.15, 0.2) is 0 Å². The number of nitrogens with zero attached hydrogens (tertiary/aromatic N) is 1. The molecule has 10 heteroatoms. The lowest BCUT2D eigenvalue weighted by Gasteiger charge is -2.21. The zero-order chi connectivity index (χ0) is 37.3. The number of aliphatic carboxylic acids is 1. The molecule has 2 atom stereocenters. The molecule has 0 aliphatic rings. The van der Waals surface area contributed by atoms with Gasteiger partial charge in [-0.25, -0.2) is 0 Å². The molecule has 2 N–H and O–H groups in total. The summed E-state index contributed by atoms with van der Waals surface area (Å²) in [4.78, 5) is 24.8. The number of carboxylic acid groups (broad SMARTS) is 1. The van der Waals surface area contributed by atoms with Gasteiger partial charge in [-0.15, -0.1) is 11.8 Å². The van der Waals surface area contributed by atoms with E-state index >= 15 is 0 Å². The van der Waals surface area contributed by atoms with Crippen molar-refractivity contribution in [3.05, 3.63) is 150 Å². The van der Waals surface area contributed by atoms with Gasteiger partial charge in [-0.3, -0.25) is 14.5 Å². The van der Waals surface area contributed by atoms with E-state index in [1.54, 1.807) is 11.9 Å². The topological polar surface area (TPSA) is 78.9 Å². The van der Waals surface area contributed by atoms with Crippen molar-refractivity contribution in [1.82, 2.24) is 10.2 Å². The number of halogens is 3. The number of thioether (sulfide) groups is 1. The summed E-state index contributed by atoms with van der Waals surface area (Å²) >= 11 is 1.48. The van der Waals surface area contributed by atoms with Crippen molar-refractivity contribution in [3.63, 3.8) is 0 Å². The van der Waals surface area contributed by atoms with Crippen LogP contribution >= 0.6 is 11.8 Å². The monoisotopic (exact) mass is 730 g/mol. The van der Waals surface area contributed by atoms with Crippen LogP contribution in [0.4, 0.5) is 13.2 Å². The Hall–Kier alpha value is -4.64. The van der Waals surface area contributed by atoms with Gasteiger partial charge in [0.2, 0.25) is 0 Å². The van der Waals surface area contributed by atoms with Gasteiger partial charge in [-0.05, 0) is 91.6 Å². The molecule has 0 amide bonds. The van der Waals surface area contributed by atoms with E-state index < -0.39 is 17.7 Å². The third-order valence-corrected chi connectivity index (χ3v) is 9.73. The predicted octanol–water partition coefficient (Wildman–Crippen LogP) is 9.46. The molecule has 0 aliphatic carbocycles. The van der Waals surface area contributed by atoms with Crippen LogP contribution in [0.1, 0.15) is 53.2 Å². The molecule has 0 aromatic heterocycles. The van der Waals surface area contributed by atoms with Crippen molar-refractivity contribution in [2.24, 2.45) is 0 Å². The number of benzene rings is 5. The van der Waals surface area contributed by atoms with Crippen LogP contribution in [0.3, 0.4) is 0 Å². The van der Waals surface area contributed by atoms with Crippen molar-refractivity contribution in [2.45, 2.75) is 42.0 Å². The summed E-state index contributed by atoms with van der Waals surface area (Å²) < 4.78 is 43.1. The molecule has 0 radical (unpaired) electrons. The smallest absolute Gasteiger partial charge is 0.416 e. The number of ether oxygens (including phenoxy) is 1. The Kier molecular flexibility index (Phi) is 15.8. The number of carbonyl (C=O) groups excluding carboxylic acids is 1. The first-order valence-corrected chi connectivity index (χ1v) is 18.1.